The van der Waals surface area contributed by atoms with E-state index in [2.05, 4.69) is 21.7 Å². The van der Waals surface area contributed by atoms with Crippen molar-refractivity contribution in [2.75, 3.05) is 4.90 Å². The van der Waals surface area contributed by atoms with E-state index in [1.807, 2.05) is 43.3 Å². The summed E-state index contributed by atoms with van der Waals surface area (Å²) in [5, 5.41) is 0. The van der Waals surface area contributed by atoms with Crippen molar-refractivity contribution in [3.8, 4) is 0 Å². The molecule has 1 aliphatic rings. The molecule has 0 N–H and O–H groups in total. The molecule has 5 nitrogen and oxygen atoms in total. The number of aromatic nitrogens is 2. The highest BCUT2D eigenvalue weighted by Gasteiger charge is 2.36. The van der Waals surface area contributed by atoms with Gasteiger partial charge in [0, 0.05) is 6.54 Å². The molecule has 3 aromatic carbocycles. The number of carbonyl (C=O) groups excluding carboxylic acids is 2. The fourth-order valence-corrected chi connectivity index (χ4v) is 3.77. The molecule has 0 saturated carbocycles. The molecular weight excluding hydrogens is 350 g/mol. The summed E-state index contributed by atoms with van der Waals surface area (Å²) in [4.78, 5) is 31.4. The van der Waals surface area contributed by atoms with Crippen LogP contribution in [0.4, 0.5) is 5.69 Å². The first-order chi connectivity index (χ1) is 13.6. The fourth-order valence-electron chi connectivity index (χ4n) is 3.77. The zero-order valence-corrected chi connectivity index (χ0v) is 15.3. The molecule has 0 bridgehead atoms. The quantitative estimate of drug-likeness (QED) is 0.510. The van der Waals surface area contributed by atoms with Crippen LogP contribution in [0.2, 0.25) is 0 Å². The first-order valence-corrected chi connectivity index (χ1v) is 9.12. The minimum absolute atomic E-state index is 0.291. The third-order valence-electron chi connectivity index (χ3n) is 5.16. The van der Waals surface area contributed by atoms with E-state index in [0.29, 0.717) is 16.8 Å². The molecule has 5 rings (SSSR count). The number of benzene rings is 3. The predicted molar refractivity (Wildman–Crippen MR) is 108 cm³/mol. The second-order valence-electron chi connectivity index (χ2n) is 6.90. The van der Waals surface area contributed by atoms with Crippen molar-refractivity contribution < 1.29 is 9.59 Å². The highest BCUT2D eigenvalue weighted by atomic mass is 16.2. The smallest absolute Gasteiger partial charge is 0.266 e. The number of carbonyl (C=O) groups is 2. The molecule has 0 atom stereocenters. The van der Waals surface area contributed by atoms with Gasteiger partial charge in [-0.2, -0.15) is 0 Å². The third-order valence-corrected chi connectivity index (χ3v) is 5.16. The van der Waals surface area contributed by atoms with Crippen LogP contribution in [0.1, 0.15) is 32.1 Å². The lowest BCUT2D eigenvalue weighted by Gasteiger charge is -2.14. The van der Waals surface area contributed by atoms with Crippen molar-refractivity contribution >= 4 is 28.5 Å². The van der Waals surface area contributed by atoms with Crippen LogP contribution in [0.25, 0.3) is 11.0 Å². The van der Waals surface area contributed by atoms with Gasteiger partial charge in [-0.05, 0) is 42.8 Å². The van der Waals surface area contributed by atoms with E-state index in [1.54, 1.807) is 24.3 Å². The van der Waals surface area contributed by atoms with Gasteiger partial charge in [0.2, 0.25) is 0 Å². The van der Waals surface area contributed by atoms with Crippen LogP contribution in [0.15, 0.2) is 72.8 Å². The third kappa shape index (κ3) is 2.44. The normalized spacial score (nSPS) is 13.4. The standard InChI is InChI=1S/C23H17N3O2/c1-15-24-20-13-17(26-22(27)18-9-5-6-10-19(18)23(26)28)11-12-21(20)25(15)14-16-7-3-2-4-8-16/h2-13H,14H2,1H3. The second kappa shape index (κ2) is 6.16. The maximum Gasteiger partial charge on any atom is 0.266 e. The molecule has 2 amide bonds. The Bertz CT molecular complexity index is 1210. The zero-order valence-electron chi connectivity index (χ0n) is 15.3. The molecule has 28 heavy (non-hydrogen) atoms. The number of hydrogen-bond donors (Lipinski definition) is 0. The van der Waals surface area contributed by atoms with E-state index >= 15 is 0 Å². The molecule has 0 unspecified atom stereocenters. The van der Waals surface area contributed by atoms with Crippen LogP contribution >= 0.6 is 0 Å². The van der Waals surface area contributed by atoms with E-state index in [0.717, 1.165) is 23.4 Å². The molecular formula is C23H17N3O2. The van der Waals surface area contributed by atoms with Gasteiger partial charge in [-0.1, -0.05) is 42.5 Å². The maximum absolute atomic E-state index is 12.7. The Kier molecular flexibility index (Phi) is 3.62. The number of anilines is 1. The molecule has 0 saturated heterocycles. The number of imidazole rings is 1. The van der Waals surface area contributed by atoms with Gasteiger partial charge < -0.3 is 4.57 Å². The highest BCUT2D eigenvalue weighted by molar-refractivity contribution is 6.34. The number of fused-ring (bicyclic) bond motifs is 2. The average Bonchev–Trinajstić information content (AvgIpc) is 3.16. The summed E-state index contributed by atoms with van der Waals surface area (Å²) in [6.07, 6.45) is 0. The van der Waals surface area contributed by atoms with Crippen LogP contribution in [0.5, 0.6) is 0 Å². The van der Waals surface area contributed by atoms with Crippen LogP contribution in [-0.2, 0) is 6.54 Å². The SMILES string of the molecule is Cc1nc2cc(N3C(=O)c4ccccc4C3=O)ccc2n1Cc1ccccc1. The van der Waals surface area contributed by atoms with E-state index in [9.17, 15) is 9.59 Å². The molecule has 5 heteroatoms. The Hall–Kier alpha value is -3.73. The second-order valence-corrected chi connectivity index (χ2v) is 6.90. The van der Waals surface area contributed by atoms with Crippen molar-refractivity contribution in [3.05, 3.63) is 95.3 Å². The predicted octanol–water partition coefficient (Wildman–Crippen LogP) is 4.19. The molecule has 0 fully saturated rings. The van der Waals surface area contributed by atoms with Gasteiger partial charge in [-0.3, -0.25) is 9.59 Å². The lowest BCUT2D eigenvalue weighted by atomic mass is 10.1. The largest absolute Gasteiger partial charge is 0.324 e. The summed E-state index contributed by atoms with van der Waals surface area (Å²) in [6, 6.07) is 22.7. The Morgan fingerprint density at radius 1 is 0.821 bits per heavy atom. The van der Waals surface area contributed by atoms with Crippen LogP contribution in [-0.4, -0.2) is 21.4 Å². The van der Waals surface area contributed by atoms with E-state index in [-0.39, 0.29) is 11.8 Å². The molecule has 4 aromatic rings. The maximum atomic E-state index is 12.7. The van der Waals surface area contributed by atoms with Crippen molar-refractivity contribution in [2.45, 2.75) is 13.5 Å². The van der Waals surface area contributed by atoms with E-state index < -0.39 is 0 Å². The molecule has 0 aliphatic carbocycles. The van der Waals surface area contributed by atoms with Crippen molar-refractivity contribution in [3.63, 3.8) is 0 Å². The Labute approximate surface area is 161 Å². The van der Waals surface area contributed by atoms with E-state index in [1.165, 1.54) is 10.5 Å². The van der Waals surface area contributed by atoms with Gasteiger partial charge in [-0.25, -0.2) is 9.88 Å². The topological polar surface area (TPSA) is 55.2 Å². The minimum atomic E-state index is -0.291. The first kappa shape index (κ1) is 16.4. The first-order valence-electron chi connectivity index (χ1n) is 9.12. The number of nitrogens with zero attached hydrogens (tertiary/aromatic N) is 3. The average molecular weight is 367 g/mol. The van der Waals surface area contributed by atoms with Crippen LogP contribution in [0, 0.1) is 6.92 Å². The summed E-state index contributed by atoms with van der Waals surface area (Å²) in [5.74, 6) is 0.305. The van der Waals surface area contributed by atoms with Crippen LogP contribution < -0.4 is 4.90 Å². The summed E-state index contributed by atoms with van der Waals surface area (Å²) in [6.45, 7) is 2.68. The number of aryl methyl sites for hydroxylation is 1. The van der Waals surface area contributed by atoms with Crippen molar-refractivity contribution in [1.29, 1.82) is 0 Å². The van der Waals surface area contributed by atoms with Gasteiger partial charge in [0.05, 0.1) is 27.8 Å². The monoisotopic (exact) mass is 367 g/mol. The molecule has 2 heterocycles. The van der Waals surface area contributed by atoms with Gasteiger partial charge in [0.25, 0.3) is 11.8 Å². The highest BCUT2D eigenvalue weighted by Crippen LogP contribution is 2.30. The molecule has 1 aliphatic heterocycles. The van der Waals surface area contributed by atoms with Gasteiger partial charge in [0.15, 0.2) is 0 Å². The lowest BCUT2D eigenvalue weighted by molar-refractivity contribution is 0.0926. The molecule has 1 aromatic heterocycles. The number of imide groups is 1. The summed E-state index contributed by atoms with van der Waals surface area (Å²) in [7, 11) is 0. The molecule has 136 valence electrons. The fraction of sp³-hybridized carbons (Fsp3) is 0.0870. The van der Waals surface area contributed by atoms with E-state index in [4.69, 9.17) is 0 Å². The minimum Gasteiger partial charge on any atom is -0.324 e. The zero-order chi connectivity index (χ0) is 19.3. The van der Waals surface area contributed by atoms with Crippen molar-refractivity contribution in [1.82, 2.24) is 9.55 Å². The number of rotatable bonds is 3. The Morgan fingerprint density at radius 2 is 1.46 bits per heavy atom. The van der Waals surface area contributed by atoms with Crippen LogP contribution in [0.3, 0.4) is 0 Å². The molecule has 0 spiro atoms. The van der Waals surface area contributed by atoms with Gasteiger partial charge in [-0.15, -0.1) is 0 Å². The Morgan fingerprint density at radius 3 is 2.14 bits per heavy atom. The number of hydrogen-bond acceptors (Lipinski definition) is 3. The lowest BCUT2D eigenvalue weighted by Crippen LogP contribution is -2.29. The summed E-state index contributed by atoms with van der Waals surface area (Å²) in [5.41, 5.74) is 4.36. The van der Waals surface area contributed by atoms with Gasteiger partial charge in [0.1, 0.15) is 5.82 Å². The van der Waals surface area contributed by atoms with Gasteiger partial charge >= 0.3 is 0 Å². The summed E-state index contributed by atoms with van der Waals surface area (Å²) < 4.78 is 2.14. The molecule has 0 radical (unpaired) electrons. The van der Waals surface area contributed by atoms with Crippen molar-refractivity contribution in [2.24, 2.45) is 0 Å². The number of amides is 2. The summed E-state index contributed by atoms with van der Waals surface area (Å²) >= 11 is 0. The Balaban J connectivity index is 1.55.